The van der Waals surface area contributed by atoms with E-state index in [9.17, 15) is 22.8 Å². The van der Waals surface area contributed by atoms with Crippen molar-refractivity contribution in [1.29, 1.82) is 0 Å². The van der Waals surface area contributed by atoms with E-state index in [-0.39, 0.29) is 31.3 Å². The van der Waals surface area contributed by atoms with E-state index in [4.69, 9.17) is 9.47 Å². The topological polar surface area (TPSA) is 52.6 Å². The Morgan fingerprint density at radius 3 is 2.44 bits per heavy atom. The van der Waals surface area contributed by atoms with Gasteiger partial charge in [0.15, 0.2) is 12.4 Å². The van der Waals surface area contributed by atoms with Crippen LogP contribution in [-0.2, 0) is 22.1 Å². The van der Waals surface area contributed by atoms with Crippen LogP contribution in [-0.4, -0.2) is 25.0 Å². The predicted octanol–water partition coefficient (Wildman–Crippen LogP) is 7.11. The van der Waals surface area contributed by atoms with Gasteiger partial charge in [0.25, 0.3) is 0 Å². The molecule has 0 aliphatic carbocycles. The van der Waals surface area contributed by atoms with Crippen LogP contribution in [0.5, 0.6) is 5.75 Å². The van der Waals surface area contributed by atoms with Crippen LogP contribution in [0.15, 0.2) is 36.4 Å². The molecule has 0 amide bonds. The Bertz CT molecular complexity index is 1190. The zero-order valence-corrected chi connectivity index (χ0v) is 20.4. The predicted molar refractivity (Wildman–Crippen MR) is 127 cm³/mol. The minimum atomic E-state index is -4.39. The fourth-order valence-electron chi connectivity index (χ4n) is 3.86. The SMILES string of the molecule is CCOC(=O)COc1ccc(C(=O)CCc2sc3cc(C(F)(F)F)ccc3c2C(C)C)cc1C. The maximum absolute atomic E-state index is 13.1. The minimum Gasteiger partial charge on any atom is -0.482 e. The Hall–Kier alpha value is -2.87. The van der Waals surface area contributed by atoms with E-state index in [0.717, 1.165) is 27.5 Å². The molecule has 1 aromatic heterocycles. The summed E-state index contributed by atoms with van der Waals surface area (Å²) in [5.74, 6) is 0.0854. The van der Waals surface area contributed by atoms with Gasteiger partial charge in [-0.15, -0.1) is 11.3 Å². The number of Topliss-reactive ketones (excluding diaryl/α,β-unsaturated/α-hetero) is 1. The highest BCUT2D eigenvalue weighted by molar-refractivity contribution is 7.19. The van der Waals surface area contributed by atoms with E-state index in [1.54, 1.807) is 32.0 Å². The first kappa shape index (κ1) is 25.7. The number of ether oxygens (including phenoxy) is 2. The van der Waals surface area contributed by atoms with Crippen molar-refractivity contribution in [1.82, 2.24) is 0 Å². The molecule has 0 fully saturated rings. The summed E-state index contributed by atoms with van der Waals surface area (Å²) in [6.45, 7) is 7.58. The van der Waals surface area contributed by atoms with Crippen molar-refractivity contribution in [3.8, 4) is 5.75 Å². The van der Waals surface area contributed by atoms with Gasteiger partial charge in [0.05, 0.1) is 12.2 Å². The monoisotopic (exact) mass is 492 g/mol. The van der Waals surface area contributed by atoms with E-state index < -0.39 is 17.7 Å². The van der Waals surface area contributed by atoms with Crippen LogP contribution in [0.25, 0.3) is 10.1 Å². The third kappa shape index (κ3) is 5.97. The van der Waals surface area contributed by atoms with Crippen molar-refractivity contribution in [3.05, 3.63) is 63.5 Å². The number of thiophene rings is 1. The summed E-state index contributed by atoms with van der Waals surface area (Å²) in [7, 11) is 0. The number of ketones is 1. The van der Waals surface area contributed by atoms with Crippen LogP contribution in [0, 0.1) is 6.92 Å². The molecule has 0 saturated heterocycles. The molecule has 0 atom stereocenters. The molecule has 0 saturated carbocycles. The third-order valence-electron chi connectivity index (χ3n) is 5.44. The fraction of sp³-hybridized carbons (Fsp3) is 0.385. The number of carbonyl (C=O) groups is 2. The molecule has 0 aliphatic rings. The summed E-state index contributed by atoms with van der Waals surface area (Å²) < 4.78 is 50.3. The zero-order valence-electron chi connectivity index (χ0n) is 19.5. The van der Waals surface area contributed by atoms with E-state index >= 15 is 0 Å². The molecule has 34 heavy (non-hydrogen) atoms. The Balaban J connectivity index is 1.75. The standard InChI is InChI=1S/C26H27F3O4S/c1-5-32-24(31)14-33-21-10-6-17(12-16(21)4)20(30)9-11-22-25(15(2)3)19-8-7-18(26(27,28)29)13-23(19)34-22/h6-8,10,12-13,15H,5,9,11,14H2,1-4H3. The Labute approximate surface area is 200 Å². The van der Waals surface area contributed by atoms with Gasteiger partial charge in [-0.3, -0.25) is 4.79 Å². The molecule has 0 spiro atoms. The lowest BCUT2D eigenvalue weighted by molar-refractivity contribution is -0.145. The summed E-state index contributed by atoms with van der Waals surface area (Å²) in [4.78, 5) is 25.3. The summed E-state index contributed by atoms with van der Waals surface area (Å²) in [5, 5.41) is 0.814. The molecule has 1 heterocycles. The molecule has 2 aromatic carbocycles. The smallest absolute Gasteiger partial charge is 0.416 e. The van der Waals surface area contributed by atoms with Gasteiger partial charge in [-0.1, -0.05) is 19.9 Å². The number of benzene rings is 2. The number of rotatable bonds is 9. The average Bonchev–Trinajstić information content (AvgIpc) is 3.14. The number of fused-ring (bicyclic) bond motifs is 1. The second-order valence-corrected chi connectivity index (χ2v) is 9.44. The second kappa shape index (κ2) is 10.6. The molecule has 0 radical (unpaired) electrons. The van der Waals surface area contributed by atoms with Gasteiger partial charge in [-0.25, -0.2) is 4.79 Å². The number of carbonyl (C=O) groups excluding carboxylic acids is 2. The molecule has 182 valence electrons. The van der Waals surface area contributed by atoms with Crippen LogP contribution >= 0.6 is 11.3 Å². The molecular formula is C26H27F3O4S. The number of aryl methyl sites for hydroxylation is 2. The highest BCUT2D eigenvalue weighted by atomic mass is 32.1. The zero-order chi connectivity index (χ0) is 25.0. The van der Waals surface area contributed by atoms with Crippen LogP contribution in [0.3, 0.4) is 0 Å². The number of halogens is 3. The van der Waals surface area contributed by atoms with E-state index in [1.165, 1.54) is 23.5 Å². The van der Waals surface area contributed by atoms with Crippen LogP contribution in [0.4, 0.5) is 13.2 Å². The van der Waals surface area contributed by atoms with E-state index in [1.807, 2.05) is 13.8 Å². The first-order chi connectivity index (χ1) is 16.0. The largest absolute Gasteiger partial charge is 0.482 e. The second-order valence-electron chi connectivity index (χ2n) is 8.30. The first-order valence-corrected chi connectivity index (χ1v) is 11.9. The molecule has 0 bridgehead atoms. The van der Waals surface area contributed by atoms with E-state index in [0.29, 0.717) is 22.4 Å². The highest BCUT2D eigenvalue weighted by Crippen LogP contribution is 2.40. The number of esters is 1. The molecule has 3 rings (SSSR count). The number of hydrogen-bond acceptors (Lipinski definition) is 5. The summed E-state index contributed by atoms with van der Waals surface area (Å²) >= 11 is 1.32. The minimum absolute atomic E-state index is 0.0665. The van der Waals surface area contributed by atoms with Gasteiger partial charge < -0.3 is 9.47 Å². The molecule has 8 heteroatoms. The maximum atomic E-state index is 13.1. The maximum Gasteiger partial charge on any atom is 0.416 e. The first-order valence-electron chi connectivity index (χ1n) is 11.1. The van der Waals surface area contributed by atoms with Gasteiger partial charge in [-0.05, 0) is 73.0 Å². The van der Waals surface area contributed by atoms with Crippen molar-refractivity contribution in [2.45, 2.75) is 52.6 Å². The molecular weight excluding hydrogens is 465 g/mol. The molecule has 4 nitrogen and oxygen atoms in total. The normalized spacial score (nSPS) is 11.8. The van der Waals surface area contributed by atoms with Crippen molar-refractivity contribution < 1.29 is 32.2 Å². The van der Waals surface area contributed by atoms with Gasteiger partial charge in [0, 0.05) is 21.6 Å². The van der Waals surface area contributed by atoms with Gasteiger partial charge in [-0.2, -0.15) is 13.2 Å². The van der Waals surface area contributed by atoms with Crippen LogP contribution in [0.1, 0.15) is 65.0 Å². The van der Waals surface area contributed by atoms with Gasteiger partial charge >= 0.3 is 12.1 Å². The van der Waals surface area contributed by atoms with Gasteiger partial charge in [0.1, 0.15) is 5.75 Å². The average molecular weight is 493 g/mol. The van der Waals surface area contributed by atoms with Gasteiger partial charge in [0.2, 0.25) is 0 Å². The Kier molecular flexibility index (Phi) is 8.02. The lowest BCUT2D eigenvalue weighted by Crippen LogP contribution is -2.15. The molecule has 0 N–H and O–H groups in total. The molecule has 3 aromatic rings. The van der Waals surface area contributed by atoms with E-state index in [2.05, 4.69) is 0 Å². The quantitative estimate of drug-likeness (QED) is 0.236. The Morgan fingerprint density at radius 1 is 1.09 bits per heavy atom. The van der Waals surface area contributed by atoms with Crippen molar-refractivity contribution in [2.24, 2.45) is 0 Å². The number of hydrogen-bond donors (Lipinski definition) is 0. The van der Waals surface area contributed by atoms with Crippen molar-refractivity contribution >= 4 is 33.2 Å². The van der Waals surface area contributed by atoms with Crippen molar-refractivity contribution in [3.63, 3.8) is 0 Å². The molecule has 0 aliphatic heterocycles. The third-order valence-corrected chi connectivity index (χ3v) is 6.67. The van der Waals surface area contributed by atoms with Crippen LogP contribution in [0.2, 0.25) is 0 Å². The lowest BCUT2D eigenvalue weighted by Gasteiger charge is -2.11. The summed E-state index contributed by atoms with van der Waals surface area (Å²) in [6, 6.07) is 8.86. The highest BCUT2D eigenvalue weighted by Gasteiger charge is 2.31. The van der Waals surface area contributed by atoms with Crippen molar-refractivity contribution in [2.75, 3.05) is 13.2 Å². The lowest BCUT2D eigenvalue weighted by atomic mass is 9.96. The fourth-order valence-corrected chi connectivity index (χ4v) is 5.26. The summed E-state index contributed by atoms with van der Waals surface area (Å²) in [6.07, 6.45) is -3.70. The molecule has 0 unspecified atom stereocenters. The number of alkyl halides is 3. The Morgan fingerprint density at radius 2 is 1.82 bits per heavy atom. The van der Waals surface area contributed by atoms with Crippen LogP contribution < -0.4 is 4.74 Å². The summed E-state index contributed by atoms with van der Waals surface area (Å²) in [5.41, 5.74) is 1.58.